The van der Waals surface area contributed by atoms with Gasteiger partial charge in [-0.1, -0.05) is 26.2 Å². The zero-order valence-corrected chi connectivity index (χ0v) is 10.8. The molecular formula is C13H25NO2. The van der Waals surface area contributed by atoms with E-state index in [1.807, 2.05) is 6.92 Å². The summed E-state index contributed by atoms with van der Waals surface area (Å²) in [6, 6.07) is 0. The predicted molar refractivity (Wildman–Crippen MR) is 65.3 cm³/mol. The SMILES string of the molecule is CCCCCC(C)(NCC1CC1)C(=O)OC. The topological polar surface area (TPSA) is 38.3 Å². The molecule has 1 atom stereocenters. The lowest BCUT2D eigenvalue weighted by molar-refractivity contribution is -0.148. The van der Waals surface area contributed by atoms with Crippen LogP contribution < -0.4 is 5.32 Å². The number of ether oxygens (including phenoxy) is 1. The fraction of sp³-hybridized carbons (Fsp3) is 0.923. The molecule has 0 bridgehead atoms. The summed E-state index contributed by atoms with van der Waals surface area (Å²) >= 11 is 0. The highest BCUT2D eigenvalue weighted by molar-refractivity contribution is 5.80. The minimum absolute atomic E-state index is 0.121. The molecule has 0 radical (unpaired) electrons. The largest absolute Gasteiger partial charge is 0.468 e. The van der Waals surface area contributed by atoms with Crippen molar-refractivity contribution in [2.75, 3.05) is 13.7 Å². The number of nitrogens with one attached hydrogen (secondary N) is 1. The summed E-state index contributed by atoms with van der Waals surface area (Å²) in [4.78, 5) is 11.8. The van der Waals surface area contributed by atoms with Crippen LogP contribution in [-0.4, -0.2) is 25.2 Å². The van der Waals surface area contributed by atoms with Gasteiger partial charge >= 0.3 is 5.97 Å². The van der Waals surface area contributed by atoms with E-state index in [2.05, 4.69) is 12.2 Å². The molecule has 1 saturated carbocycles. The molecule has 0 aromatic carbocycles. The van der Waals surface area contributed by atoms with Crippen molar-refractivity contribution in [2.24, 2.45) is 5.92 Å². The monoisotopic (exact) mass is 227 g/mol. The number of hydrogen-bond donors (Lipinski definition) is 1. The maximum Gasteiger partial charge on any atom is 0.325 e. The second-order valence-electron chi connectivity index (χ2n) is 5.11. The van der Waals surface area contributed by atoms with Gasteiger partial charge in [0.1, 0.15) is 5.54 Å². The summed E-state index contributed by atoms with van der Waals surface area (Å²) < 4.78 is 4.90. The third kappa shape index (κ3) is 4.12. The Bertz CT molecular complexity index is 226. The number of rotatable bonds is 8. The zero-order valence-electron chi connectivity index (χ0n) is 10.8. The molecule has 1 fully saturated rings. The van der Waals surface area contributed by atoms with Crippen LogP contribution in [0.2, 0.25) is 0 Å². The standard InChI is InChI=1S/C13H25NO2/c1-4-5-6-9-13(2,12(15)16-3)14-10-11-7-8-11/h11,14H,4-10H2,1-3H3. The lowest BCUT2D eigenvalue weighted by Gasteiger charge is -2.28. The number of carbonyl (C=O) groups is 1. The van der Waals surface area contributed by atoms with E-state index in [0.29, 0.717) is 0 Å². The first-order valence-corrected chi connectivity index (χ1v) is 6.46. The van der Waals surface area contributed by atoms with Crippen molar-refractivity contribution in [1.29, 1.82) is 0 Å². The lowest BCUT2D eigenvalue weighted by atomic mass is 9.94. The van der Waals surface area contributed by atoms with Crippen molar-refractivity contribution < 1.29 is 9.53 Å². The maximum atomic E-state index is 11.8. The molecule has 3 nitrogen and oxygen atoms in total. The molecule has 1 aliphatic rings. The Morgan fingerprint density at radius 3 is 2.62 bits per heavy atom. The van der Waals surface area contributed by atoms with E-state index in [1.165, 1.54) is 32.8 Å². The van der Waals surface area contributed by atoms with E-state index in [-0.39, 0.29) is 5.97 Å². The van der Waals surface area contributed by atoms with Gasteiger partial charge in [-0.25, -0.2) is 0 Å². The smallest absolute Gasteiger partial charge is 0.325 e. The van der Waals surface area contributed by atoms with Crippen molar-refractivity contribution in [2.45, 2.75) is 57.9 Å². The first-order valence-electron chi connectivity index (χ1n) is 6.46. The Morgan fingerprint density at radius 1 is 1.44 bits per heavy atom. The quantitative estimate of drug-likeness (QED) is 0.511. The molecular weight excluding hydrogens is 202 g/mol. The molecule has 0 aromatic heterocycles. The van der Waals surface area contributed by atoms with Gasteiger partial charge in [-0.2, -0.15) is 0 Å². The second-order valence-corrected chi connectivity index (χ2v) is 5.11. The van der Waals surface area contributed by atoms with Gasteiger partial charge in [0.15, 0.2) is 0 Å². The number of unbranched alkanes of at least 4 members (excludes halogenated alkanes) is 2. The van der Waals surface area contributed by atoms with Crippen molar-refractivity contribution in [3.8, 4) is 0 Å². The van der Waals surface area contributed by atoms with Crippen LogP contribution in [0.15, 0.2) is 0 Å². The van der Waals surface area contributed by atoms with Crippen molar-refractivity contribution in [3.05, 3.63) is 0 Å². The fourth-order valence-electron chi connectivity index (χ4n) is 1.91. The van der Waals surface area contributed by atoms with Crippen molar-refractivity contribution >= 4 is 5.97 Å². The van der Waals surface area contributed by atoms with E-state index in [0.717, 1.165) is 25.3 Å². The minimum atomic E-state index is -0.480. The van der Waals surface area contributed by atoms with Gasteiger partial charge in [-0.05, 0) is 38.6 Å². The normalized spacial score (nSPS) is 19.2. The minimum Gasteiger partial charge on any atom is -0.468 e. The van der Waals surface area contributed by atoms with Crippen molar-refractivity contribution in [3.63, 3.8) is 0 Å². The molecule has 1 N–H and O–H groups in total. The highest BCUT2D eigenvalue weighted by Gasteiger charge is 2.35. The molecule has 0 aromatic rings. The highest BCUT2D eigenvalue weighted by Crippen LogP contribution is 2.29. The van der Waals surface area contributed by atoms with E-state index in [1.54, 1.807) is 0 Å². The molecule has 1 aliphatic carbocycles. The Hall–Kier alpha value is -0.570. The average molecular weight is 227 g/mol. The summed E-state index contributed by atoms with van der Waals surface area (Å²) in [5.74, 6) is 0.666. The Kier molecular flexibility index (Phi) is 5.26. The Balaban J connectivity index is 2.40. The molecule has 0 amide bonds. The molecule has 3 heteroatoms. The highest BCUT2D eigenvalue weighted by atomic mass is 16.5. The molecule has 1 unspecified atom stereocenters. The fourth-order valence-corrected chi connectivity index (χ4v) is 1.91. The Labute approximate surface area is 98.9 Å². The van der Waals surface area contributed by atoms with Crippen LogP contribution in [-0.2, 0) is 9.53 Å². The van der Waals surface area contributed by atoms with Crippen LogP contribution in [0.5, 0.6) is 0 Å². The van der Waals surface area contributed by atoms with Crippen LogP contribution >= 0.6 is 0 Å². The van der Waals surface area contributed by atoms with E-state index < -0.39 is 5.54 Å². The third-order valence-electron chi connectivity index (χ3n) is 3.39. The van der Waals surface area contributed by atoms with Gasteiger partial charge in [0.2, 0.25) is 0 Å². The predicted octanol–water partition coefficient (Wildman–Crippen LogP) is 2.50. The number of carbonyl (C=O) groups excluding carboxylic acids is 1. The molecule has 0 heterocycles. The van der Waals surface area contributed by atoms with Crippen LogP contribution in [0, 0.1) is 5.92 Å². The molecule has 0 saturated heterocycles. The lowest BCUT2D eigenvalue weighted by Crippen LogP contribution is -2.50. The van der Waals surface area contributed by atoms with Gasteiger partial charge in [0.05, 0.1) is 7.11 Å². The first-order chi connectivity index (χ1) is 7.62. The van der Waals surface area contributed by atoms with Crippen LogP contribution in [0.3, 0.4) is 0 Å². The third-order valence-corrected chi connectivity index (χ3v) is 3.39. The van der Waals surface area contributed by atoms with E-state index in [4.69, 9.17) is 4.74 Å². The summed E-state index contributed by atoms with van der Waals surface area (Å²) in [5, 5.41) is 3.39. The van der Waals surface area contributed by atoms with Gasteiger partial charge in [0.25, 0.3) is 0 Å². The molecule has 16 heavy (non-hydrogen) atoms. The molecule has 1 rings (SSSR count). The molecule has 94 valence electrons. The summed E-state index contributed by atoms with van der Waals surface area (Å²) in [5.41, 5.74) is -0.480. The summed E-state index contributed by atoms with van der Waals surface area (Å²) in [6.45, 7) is 5.10. The number of esters is 1. The van der Waals surface area contributed by atoms with Gasteiger partial charge < -0.3 is 10.1 Å². The van der Waals surface area contributed by atoms with E-state index in [9.17, 15) is 4.79 Å². The van der Waals surface area contributed by atoms with Crippen LogP contribution in [0.25, 0.3) is 0 Å². The summed E-state index contributed by atoms with van der Waals surface area (Å²) in [7, 11) is 1.47. The number of hydrogen-bond acceptors (Lipinski definition) is 3. The van der Waals surface area contributed by atoms with E-state index >= 15 is 0 Å². The zero-order chi connectivity index (χ0) is 12.0. The second kappa shape index (κ2) is 6.24. The Morgan fingerprint density at radius 2 is 2.12 bits per heavy atom. The van der Waals surface area contributed by atoms with Gasteiger partial charge in [-0.3, -0.25) is 4.79 Å². The first kappa shape index (κ1) is 13.5. The molecule has 0 aliphatic heterocycles. The average Bonchev–Trinajstić information content (AvgIpc) is 3.09. The van der Waals surface area contributed by atoms with Crippen LogP contribution in [0.1, 0.15) is 52.4 Å². The summed E-state index contributed by atoms with van der Waals surface area (Å²) in [6.07, 6.45) is 6.93. The van der Waals surface area contributed by atoms with Gasteiger partial charge in [0, 0.05) is 0 Å². The molecule has 0 spiro atoms. The number of methoxy groups -OCH3 is 1. The maximum absolute atomic E-state index is 11.8. The van der Waals surface area contributed by atoms with Crippen LogP contribution in [0.4, 0.5) is 0 Å². The van der Waals surface area contributed by atoms with Gasteiger partial charge in [-0.15, -0.1) is 0 Å². The van der Waals surface area contributed by atoms with Crippen molar-refractivity contribution in [1.82, 2.24) is 5.32 Å².